The summed E-state index contributed by atoms with van der Waals surface area (Å²) in [5, 5.41) is 0.772. The van der Waals surface area contributed by atoms with Crippen LogP contribution in [0, 0.1) is 0 Å². The Morgan fingerprint density at radius 3 is 2.47 bits per heavy atom. The summed E-state index contributed by atoms with van der Waals surface area (Å²) in [6.45, 7) is 2.12. The van der Waals surface area contributed by atoms with Gasteiger partial charge in [-0.05, 0) is 24.1 Å². The van der Waals surface area contributed by atoms with E-state index in [1.54, 1.807) is 7.11 Å². The van der Waals surface area contributed by atoms with Crippen LogP contribution >= 0.6 is 11.6 Å². The fourth-order valence-electron chi connectivity index (χ4n) is 1.86. The van der Waals surface area contributed by atoms with Gasteiger partial charge in [0.1, 0.15) is 5.75 Å². The lowest BCUT2D eigenvalue weighted by Crippen LogP contribution is -1.89. The number of rotatable bonds is 3. The molecule has 1 nitrogen and oxygen atoms in total. The van der Waals surface area contributed by atoms with Gasteiger partial charge in [0, 0.05) is 16.1 Å². The number of ether oxygens (including phenoxy) is 1. The van der Waals surface area contributed by atoms with E-state index in [0.717, 1.165) is 28.3 Å². The quantitative estimate of drug-likeness (QED) is 0.770. The maximum Gasteiger partial charge on any atom is 0.126 e. The molecule has 0 saturated carbocycles. The molecule has 0 aliphatic carbocycles. The van der Waals surface area contributed by atoms with Gasteiger partial charge in [-0.3, -0.25) is 0 Å². The number of hydrogen-bond donors (Lipinski definition) is 0. The minimum Gasteiger partial charge on any atom is -0.496 e. The van der Waals surface area contributed by atoms with E-state index in [4.69, 9.17) is 16.3 Å². The van der Waals surface area contributed by atoms with Gasteiger partial charge in [0.25, 0.3) is 0 Å². The van der Waals surface area contributed by atoms with Crippen LogP contribution in [0.4, 0.5) is 0 Å². The molecule has 0 spiro atoms. The van der Waals surface area contributed by atoms with Crippen LogP contribution in [0.15, 0.2) is 42.5 Å². The Balaban J connectivity index is 2.53. The first-order valence-corrected chi connectivity index (χ1v) is 6.06. The molecule has 0 heterocycles. The van der Waals surface area contributed by atoms with Gasteiger partial charge < -0.3 is 4.74 Å². The highest BCUT2D eigenvalue weighted by Crippen LogP contribution is 2.35. The molecule has 0 N–H and O–H groups in total. The maximum absolute atomic E-state index is 6.32. The first-order chi connectivity index (χ1) is 8.26. The third kappa shape index (κ3) is 2.45. The Morgan fingerprint density at radius 2 is 1.82 bits per heavy atom. The highest BCUT2D eigenvalue weighted by Gasteiger charge is 2.08. The highest BCUT2D eigenvalue weighted by molar-refractivity contribution is 6.33. The van der Waals surface area contributed by atoms with Crippen LogP contribution in [0.3, 0.4) is 0 Å². The maximum atomic E-state index is 6.32. The first-order valence-electron chi connectivity index (χ1n) is 5.68. The zero-order chi connectivity index (χ0) is 12.3. The summed E-state index contributed by atoms with van der Waals surface area (Å²) >= 11 is 6.32. The van der Waals surface area contributed by atoms with E-state index in [2.05, 4.69) is 19.1 Å². The lowest BCUT2D eigenvalue weighted by molar-refractivity contribution is 0.416. The van der Waals surface area contributed by atoms with Gasteiger partial charge >= 0.3 is 0 Å². The van der Waals surface area contributed by atoms with Gasteiger partial charge in [-0.15, -0.1) is 0 Å². The molecule has 0 atom stereocenters. The summed E-state index contributed by atoms with van der Waals surface area (Å²) in [6, 6.07) is 14.1. The van der Waals surface area contributed by atoms with Gasteiger partial charge in [0.2, 0.25) is 0 Å². The minimum atomic E-state index is 0.772. The van der Waals surface area contributed by atoms with Gasteiger partial charge in [0.05, 0.1) is 7.11 Å². The normalized spacial score (nSPS) is 10.3. The lowest BCUT2D eigenvalue weighted by atomic mass is 10.0. The van der Waals surface area contributed by atoms with Crippen molar-refractivity contribution in [2.24, 2.45) is 0 Å². The summed E-state index contributed by atoms with van der Waals surface area (Å²) in [6.07, 6.45) is 0.992. The molecule has 2 aromatic rings. The fourth-order valence-corrected chi connectivity index (χ4v) is 2.17. The van der Waals surface area contributed by atoms with E-state index in [-0.39, 0.29) is 0 Å². The summed E-state index contributed by atoms with van der Waals surface area (Å²) in [5.74, 6) is 0.846. The molecule has 0 amide bonds. The SMILES string of the molecule is CCc1ccc(-c2ccccc2OC)c(Cl)c1. The molecule has 2 rings (SSSR count). The second-order valence-electron chi connectivity index (χ2n) is 3.87. The molecule has 88 valence electrons. The third-order valence-electron chi connectivity index (χ3n) is 2.84. The predicted molar refractivity (Wildman–Crippen MR) is 72.8 cm³/mol. The van der Waals surface area contributed by atoms with E-state index in [9.17, 15) is 0 Å². The van der Waals surface area contributed by atoms with E-state index in [1.165, 1.54) is 5.56 Å². The Morgan fingerprint density at radius 1 is 1.06 bits per heavy atom. The highest BCUT2D eigenvalue weighted by atomic mass is 35.5. The average molecular weight is 247 g/mol. The number of benzene rings is 2. The molecular weight excluding hydrogens is 232 g/mol. The Labute approximate surface area is 107 Å². The molecule has 0 fully saturated rings. The van der Waals surface area contributed by atoms with Crippen LogP contribution in [0.2, 0.25) is 5.02 Å². The van der Waals surface area contributed by atoms with Crippen molar-refractivity contribution in [3.05, 3.63) is 53.1 Å². The zero-order valence-electron chi connectivity index (χ0n) is 10.0. The average Bonchev–Trinajstić information content (AvgIpc) is 2.38. The Hall–Kier alpha value is -1.47. The molecule has 17 heavy (non-hydrogen) atoms. The van der Waals surface area contributed by atoms with E-state index in [1.807, 2.05) is 30.3 Å². The smallest absolute Gasteiger partial charge is 0.126 e. The predicted octanol–water partition coefficient (Wildman–Crippen LogP) is 4.58. The monoisotopic (exact) mass is 246 g/mol. The molecule has 2 heteroatoms. The summed E-state index contributed by atoms with van der Waals surface area (Å²) in [7, 11) is 1.67. The second kappa shape index (κ2) is 5.24. The fraction of sp³-hybridized carbons (Fsp3) is 0.200. The van der Waals surface area contributed by atoms with E-state index < -0.39 is 0 Å². The molecule has 0 aromatic heterocycles. The summed E-state index contributed by atoms with van der Waals surface area (Å²) < 4.78 is 5.35. The second-order valence-corrected chi connectivity index (χ2v) is 4.28. The van der Waals surface area contributed by atoms with Crippen LogP contribution in [0.25, 0.3) is 11.1 Å². The van der Waals surface area contributed by atoms with Crippen molar-refractivity contribution < 1.29 is 4.74 Å². The van der Waals surface area contributed by atoms with Crippen LogP contribution in [0.5, 0.6) is 5.75 Å². The summed E-state index contributed by atoms with van der Waals surface area (Å²) in [5.41, 5.74) is 3.29. The molecule has 0 bridgehead atoms. The van der Waals surface area contributed by atoms with Crippen LogP contribution in [0.1, 0.15) is 12.5 Å². The summed E-state index contributed by atoms with van der Waals surface area (Å²) in [4.78, 5) is 0. The van der Waals surface area contributed by atoms with Gasteiger partial charge in [-0.2, -0.15) is 0 Å². The van der Waals surface area contributed by atoms with E-state index >= 15 is 0 Å². The van der Waals surface area contributed by atoms with Gasteiger partial charge in [-0.1, -0.05) is 48.9 Å². The number of aryl methyl sites for hydroxylation is 1. The Kier molecular flexibility index (Phi) is 3.70. The van der Waals surface area contributed by atoms with Crippen molar-refractivity contribution in [1.82, 2.24) is 0 Å². The third-order valence-corrected chi connectivity index (χ3v) is 3.15. The van der Waals surface area contributed by atoms with Crippen LogP contribution in [-0.4, -0.2) is 7.11 Å². The molecular formula is C15H15ClO. The largest absolute Gasteiger partial charge is 0.496 e. The molecule has 0 radical (unpaired) electrons. The molecule has 0 unspecified atom stereocenters. The lowest BCUT2D eigenvalue weighted by Gasteiger charge is -2.10. The van der Waals surface area contributed by atoms with Crippen molar-refractivity contribution in [2.45, 2.75) is 13.3 Å². The van der Waals surface area contributed by atoms with Crippen molar-refractivity contribution >= 4 is 11.6 Å². The first kappa shape index (κ1) is 12.0. The van der Waals surface area contributed by atoms with Crippen molar-refractivity contribution in [1.29, 1.82) is 0 Å². The van der Waals surface area contributed by atoms with Crippen molar-refractivity contribution in [3.8, 4) is 16.9 Å². The van der Waals surface area contributed by atoms with Gasteiger partial charge in [0.15, 0.2) is 0 Å². The molecule has 0 aliphatic rings. The minimum absolute atomic E-state index is 0.772. The van der Waals surface area contributed by atoms with E-state index in [0.29, 0.717) is 0 Å². The topological polar surface area (TPSA) is 9.23 Å². The standard InChI is InChI=1S/C15H15ClO/c1-3-11-8-9-12(14(16)10-11)13-6-4-5-7-15(13)17-2/h4-10H,3H2,1-2H3. The number of hydrogen-bond acceptors (Lipinski definition) is 1. The molecule has 0 saturated heterocycles. The molecule has 0 aliphatic heterocycles. The van der Waals surface area contributed by atoms with Crippen molar-refractivity contribution in [3.63, 3.8) is 0 Å². The van der Waals surface area contributed by atoms with Crippen molar-refractivity contribution in [2.75, 3.05) is 7.11 Å². The molecule has 2 aromatic carbocycles. The number of methoxy groups -OCH3 is 1. The Bertz CT molecular complexity index is 520. The van der Waals surface area contributed by atoms with Gasteiger partial charge in [-0.25, -0.2) is 0 Å². The van der Waals surface area contributed by atoms with Crippen LogP contribution in [-0.2, 0) is 6.42 Å². The zero-order valence-corrected chi connectivity index (χ0v) is 10.8. The van der Waals surface area contributed by atoms with Crippen LogP contribution < -0.4 is 4.74 Å². The number of para-hydroxylation sites is 1. The number of halogens is 1.